The van der Waals surface area contributed by atoms with E-state index in [1.54, 1.807) is 20.8 Å². The van der Waals surface area contributed by atoms with Crippen molar-refractivity contribution in [2.45, 2.75) is 44.4 Å². The average molecular weight is 397 g/mol. The SMILES string of the molecule is C=C1COC(C(F)(F)F)(C(F)(F)F)N(c2ccc(OC(C)(C)C)cc2)C1=O. The van der Waals surface area contributed by atoms with Crippen molar-refractivity contribution in [1.82, 2.24) is 0 Å². The summed E-state index contributed by atoms with van der Waals surface area (Å²) in [5, 5.41) is 0. The first-order valence-corrected chi connectivity index (χ1v) is 7.69. The minimum Gasteiger partial charge on any atom is -0.488 e. The van der Waals surface area contributed by atoms with Crippen LogP contribution in [0.4, 0.5) is 32.0 Å². The molecule has 1 aliphatic heterocycles. The third kappa shape index (κ3) is 3.76. The molecule has 0 aromatic heterocycles. The molecule has 1 aliphatic rings. The summed E-state index contributed by atoms with van der Waals surface area (Å²) in [6.07, 6.45) is -11.9. The summed E-state index contributed by atoms with van der Waals surface area (Å²) in [7, 11) is 0. The molecule has 2 rings (SSSR count). The Morgan fingerprint density at radius 1 is 1.04 bits per heavy atom. The van der Waals surface area contributed by atoms with E-state index in [1.165, 1.54) is 12.1 Å². The molecule has 1 heterocycles. The molecule has 27 heavy (non-hydrogen) atoms. The van der Waals surface area contributed by atoms with Crippen LogP contribution in [0.15, 0.2) is 36.4 Å². The van der Waals surface area contributed by atoms with Crippen molar-refractivity contribution in [3.05, 3.63) is 36.4 Å². The van der Waals surface area contributed by atoms with Crippen molar-refractivity contribution >= 4 is 11.6 Å². The number of carbonyl (C=O) groups excluding carboxylic acids is 1. The van der Waals surface area contributed by atoms with Crippen LogP contribution in [0.3, 0.4) is 0 Å². The number of benzene rings is 1. The van der Waals surface area contributed by atoms with E-state index in [9.17, 15) is 31.1 Å². The fraction of sp³-hybridized carbons (Fsp3) is 0.471. The molecular formula is C17H17F6NO3. The van der Waals surface area contributed by atoms with Gasteiger partial charge in [-0.2, -0.15) is 26.3 Å². The van der Waals surface area contributed by atoms with Crippen molar-refractivity contribution < 1.29 is 40.6 Å². The van der Waals surface area contributed by atoms with Crippen LogP contribution >= 0.6 is 0 Å². The molecular weight excluding hydrogens is 380 g/mol. The summed E-state index contributed by atoms with van der Waals surface area (Å²) in [6.45, 7) is 7.14. The summed E-state index contributed by atoms with van der Waals surface area (Å²) < 4.78 is 90.9. The molecule has 0 bridgehead atoms. The lowest BCUT2D eigenvalue weighted by molar-refractivity contribution is -0.379. The van der Waals surface area contributed by atoms with Crippen molar-refractivity contribution in [1.29, 1.82) is 0 Å². The Bertz CT molecular complexity index is 717. The maximum absolute atomic E-state index is 13.5. The smallest absolute Gasteiger partial charge is 0.447 e. The first-order chi connectivity index (χ1) is 12.1. The van der Waals surface area contributed by atoms with Crippen molar-refractivity contribution in [3.8, 4) is 5.75 Å². The number of amides is 1. The molecule has 0 N–H and O–H groups in total. The summed E-state index contributed by atoms with van der Waals surface area (Å²) in [6, 6.07) is 4.19. The highest BCUT2D eigenvalue weighted by atomic mass is 19.4. The number of halogens is 6. The Balaban J connectivity index is 2.60. The zero-order chi connectivity index (χ0) is 20.8. The lowest BCUT2D eigenvalue weighted by Gasteiger charge is -2.47. The van der Waals surface area contributed by atoms with Gasteiger partial charge >= 0.3 is 18.1 Å². The highest BCUT2D eigenvalue weighted by Crippen LogP contribution is 2.51. The van der Waals surface area contributed by atoms with Gasteiger partial charge < -0.3 is 9.47 Å². The van der Waals surface area contributed by atoms with Gasteiger partial charge in [-0.3, -0.25) is 9.69 Å². The standard InChI is InChI=1S/C17H17F6NO3/c1-10-9-26-15(16(18,19)20,17(21,22)23)24(13(10)25)11-5-7-12(8-6-11)27-14(2,3)4/h5-8H,1,9H2,2-4H3. The van der Waals surface area contributed by atoms with Crippen LogP contribution < -0.4 is 9.64 Å². The van der Waals surface area contributed by atoms with Crippen LogP contribution in [-0.2, 0) is 9.53 Å². The molecule has 1 aromatic carbocycles. The van der Waals surface area contributed by atoms with Crippen LogP contribution in [0, 0.1) is 0 Å². The molecule has 10 heteroatoms. The van der Waals surface area contributed by atoms with Crippen molar-refractivity contribution in [2.75, 3.05) is 11.5 Å². The predicted octanol–water partition coefficient (Wildman–Crippen LogP) is 4.60. The topological polar surface area (TPSA) is 38.8 Å². The molecule has 1 fully saturated rings. The van der Waals surface area contributed by atoms with E-state index in [2.05, 4.69) is 11.3 Å². The summed E-state index contributed by atoms with van der Waals surface area (Å²) in [4.78, 5) is 11.8. The lowest BCUT2D eigenvalue weighted by atomic mass is 10.0. The Morgan fingerprint density at radius 3 is 1.93 bits per heavy atom. The van der Waals surface area contributed by atoms with Crippen molar-refractivity contribution in [3.63, 3.8) is 0 Å². The van der Waals surface area contributed by atoms with Gasteiger partial charge in [-0.05, 0) is 45.0 Å². The minimum atomic E-state index is -5.94. The van der Waals surface area contributed by atoms with Crippen LogP contribution in [0.2, 0.25) is 0 Å². The first-order valence-electron chi connectivity index (χ1n) is 7.69. The molecule has 1 aromatic rings. The number of nitrogens with zero attached hydrogens (tertiary/aromatic N) is 1. The van der Waals surface area contributed by atoms with E-state index < -0.39 is 52.4 Å². The van der Waals surface area contributed by atoms with Gasteiger partial charge in [0.15, 0.2) is 0 Å². The van der Waals surface area contributed by atoms with E-state index in [1.807, 2.05) is 0 Å². The van der Waals surface area contributed by atoms with Gasteiger partial charge in [-0.25, -0.2) is 0 Å². The normalized spacial score (nSPS) is 18.6. The Labute approximate surface area is 151 Å². The van der Waals surface area contributed by atoms with E-state index in [0.717, 1.165) is 12.1 Å². The summed E-state index contributed by atoms with van der Waals surface area (Å²) in [5.41, 5.74) is -6.64. The minimum absolute atomic E-state index is 0.208. The first kappa shape index (κ1) is 21.1. The molecule has 0 spiro atoms. The molecule has 1 saturated heterocycles. The zero-order valence-corrected chi connectivity index (χ0v) is 14.7. The third-order valence-corrected chi connectivity index (χ3v) is 3.56. The molecule has 0 radical (unpaired) electrons. The molecule has 0 atom stereocenters. The van der Waals surface area contributed by atoms with Crippen LogP contribution in [-0.4, -0.2) is 36.2 Å². The Morgan fingerprint density at radius 2 is 1.52 bits per heavy atom. The van der Waals surface area contributed by atoms with E-state index in [0.29, 0.717) is 0 Å². The molecule has 0 aliphatic carbocycles. The van der Waals surface area contributed by atoms with Crippen LogP contribution in [0.25, 0.3) is 0 Å². The summed E-state index contributed by atoms with van der Waals surface area (Å²) >= 11 is 0. The molecule has 0 saturated carbocycles. The lowest BCUT2D eigenvalue weighted by Crippen LogP contribution is -2.73. The van der Waals surface area contributed by atoms with E-state index >= 15 is 0 Å². The van der Waals surface area contributed by atoms with Gasteiger partial charge in [0.05, 0.1) is 6.61 Å². The van der Waals surface area contributed by atoms with Gasteiger partial charge in [0.25, 0.3) is 5.91 Å². The highest BCUT2D eigenvalue weighted by Gasteiger charge is 2.78. The average Bonchev–Trinajstić information content (AvgIpc) is 2.47. The Kier molecular flexibility index (Phi) is 5.02. The second-order valence-corrected chi connectivity index (χ2v) is 6.88. The largest absolute Gasteiger partial charge is 0.488 e. The van der Waals surface area contributed by atoms with Crippen molar-refractivity contribution in [2.24, 2.45) is 0 Å². The van der Waals surface area contributed by atoms with E-state index in [4.69, 9.17) is 4.74 Å². The number of rotatable bonds is 2. The maximum atomic E-state index is 13.5. The van der Waals surface area contributed by atoms with Gasteiger partial charge in [-0.15, -0.1) is 0 Å². The quantitative estimate of drug-likeness (QED) is 0.541. The summed E-state index contributed by atoms with van der Waals surface area (Å²) in [5.74, 6) is -1.32. The van der Waals surface area contributed by atoms with Crippen LogP contribution in [0.5, 0.6) is 5.75 Å². The molecule has 4 nitrogen and oxygen atoms in total. The van der Waals surface area contributed by atoms with Gasteiger partial charge in [-0.1, -0.05) is 6.58 Å². The maximum Gasteiger partial charge on any atom is 0.447 e. The number of alkyl halides is 6. The molecule has 0 unspecified atom stereocenters. The zero-order valence-electron chi connectivity index (χ0n) is 14.7. The number of anilines is 1. The second-order valence-electron chi connectivity index (χ2n) is 6.88. The predicted molar refractivity (Wildman–Crippen MR) is 84.2 cm³/mol. The monoisotopic (exact) mass is 397 g/mol. The highest BCUT2D eigenvalue weighted by molar-refractivity contribution is 6.07. The van der Waals surface area contributed by atoms with Crippen LogP contribution in [0.1, 0.15) is 20.8 Å². The third-order valence-electron chi connectivity index (χ3n) is 3.56. The van der Waals surface area contributed by atoms with Gasteiger partial charge in [0.1, 0.15) is 11.4 Å². The van der Waals surface area contributed by atoms with Gasteiger partial charge in [0, 0.05) is 11.3 Å². The molecule has 1 amide bonds. The second kappa shape index (κ2) is 6.43. The number of hydrogen-bond donors (Lipinski definition) is 0. The van der Waals surface area contributed by atoms with Gasteiger partial charge in [0.2, 0.25) is 0 Å². The fourth-order valence-electron chi connectivity index (χ4n) is 2.51. The fourth-order valence-corrected chi connectivity index (χ4v) is 2.51. The molecule has 150 valence electrons. The van der Waals surface area contributed by atoms with E-state index in [-0.39, 0.29) is 5.75 Å². The number of carbonyl (C=O) groups is 1. The number of hydrogen-bond acceptors (Lipinski definition) is 3. The Hall–Kier alpha value is -2.23. The number of ether oxygens (including phenoxy) is 2.